The summed E-state index contributed by atoms with van der Waals surface area (Å²) in [6.45, 7) is 0. The SMILES string of the molecule is c1ccc(-c2cc(-c3ccc4c(c3)Oc3cccc5cccc-4c35)c3ccc4c(-c5ccccc5)cc(-c5ccc6c7c(cccc57)Oc5ccccc5-6)c5ccc2c3c45)cc1. The average molecular weight is 787 g/mol. The highest BCUT2D eigenvalue weighted by molar-refractivity contribution is 6.32. The summed E-state index contributed by atoms with van der Waals surface area (Å²) in [5.41, 5.74) is 14.2. The number of benzene rings is 12. The third-order valence-electron chi connectivity index (χ3n) is 13.4. The lowest BCUT2D eigenvalue weighted by molar-refractivity contribution is 0.487. The lowest BCUT2D eigenvalue weighted by atomic mass is 9.81. The number of hydrogen-bond acceptors (Lipinski definition) is 2. The third kappa shape index (κ3) is 4.69. The van der Waals surface area contributed by atoms with Gasteiger partial charge in [0.25, 0.3) is 0 Å². The number of rotatable bonds is 4. The molecule has 0 aromatic heterocycles. The fourth-order valence-corrected chi connectivity index (χ4v) is 10.7. The van der Waals surface area contributed by atoms with Crippen LogP contribution in [0.3, 0.4) is 0 Å². The Labute approximate surface area is 357 Å². The van der Waals surface area contributed by atoms with E-state index in [-0.39, 0.29) is 0 Å². The van der Waals surface area contributed by atoms with Crippen molar-refractivity contribution < 1.29 is 9.47 Å². The summed E-state index contributed by atoms with van der Waals surface area (Å²) in [5.74, 6) is 3.57. The normalized spacial score (nSPS) is 12.5. The number of ether oxygens (including phenoxy) is 2. The highest BCUT2D eigenvalue weighted by Gasteiger charge is 2.26. The van der Waals surface area contributed by atoms with Gasteiger partial charge in [0.1, 0.15) is 23.0 Å². The van der Waals surface area contributed by atoms with Crippen molar-refractivity contribution >= 4 is 53.9 Å². The highest BCUT2D eigenvalue weighted by Crippen LogP contribution is 2.53. The molecule has 0 N–H and O–H groups in total. The lowest BCUT2D eigenvalue weighted by Gasteiger charge is -2.24. The second-order valence-corrected chi connectivity index (χ2v) is 16.7. The predicted molar refractivity (Wildman–Crippen MR) is 258 cm³/mol. The van der Waals surface area contributed by atoms with Gasteiger partial charge in [-0.2, -0.15) is 0 Å². The smallest absolute Gasteiger partial charge is 0.135 e. The van der Waals surface area contributed by atoms with Crippen LogP contribution in [0, 0.1) is 0 Å². The Morgan fingerprint density at radius 2 is 0.677 bits per heavy atom. The summed E-state index contributed by atoms with van der Waals surface area (Å²) in [5, 5.41) is 12.1. The monoisotopic (exact) mass is 786 g/mol. The van der Waals surface area contributed by atoms with Crippen LogP contribution in [-0.2, 0) is 0 Å². The lowest BCUT2D eigenvalue weighted by Crippen LogP contribution is -1.98. The summed E-state index contributed by atoms with van der Waals surface area (Å²) in [4.78, 5) is 0. The Morgan fingerprint density at radius 1 is 0.210 bits per heavy atom. The van der Waals surface area contributed by atoms with Crippen molar-refractivity contribution in [3.8, 4) is 89.8 Å². The molecule has 2 nitrogen and oxygen atoms in total. The van der Waals surface area contributed by atoms with Crippen molar-refractivity contribution in [1.29, 1.82) is 0 Å². The van der Waals surface area contributed by atoms with E-state index >= 15 is 0 Å². The minimum absolute atomic E-state index is 0.878. The fourth-order valence-electron chi connectivity index (χ4n) is 10.7. The van der Waals surface area contributed by atoms with E-state index in [2.05, 4.69) is 200 Å². The van der Waals surface area contributed by atoms with Crippen LogP contribution in [0.5, 0.6) is 23.0 Å². The third-order valence-corrected chi connectivity index (χ3v) is 13.4. The molecule has 0 fully saturated rings. The van der Waals surface area contributed by atoms with Gasteiger partial charge < -0.3 is 9.47 Å². The van der Waals surface area contributed by atoms with Gasteiger partial charge in [-0.05, 0) is 141 Å². The maximum atomic E-state index is 6.76. The Balaban J connectivity index is 1.08. The molecule has 14 rings (SSSR count). The molecule has 2 heteroatoms. The zero-order valence-electron chi connectivity index (χ0n) is 33.4. The van der Waals surface area contributed by atoms with Crippen molar-refractivity contribution in [2.45, 2.75) is 0 Å². The van der Waals surface area contributed by atoms with Gasteiger partial charge in [-0.1, -0.05) is 164 Å². The number of para-hydroxylation sites is 1. The van der Waals surface area contributed by atoms with Crippen molar-refractivity contribution in [2.75, 3.05) is 0 Å². The summed E-state index contributed by atoms with van der Waals surface area (Å²) >= 11 is 0. The van der Waals surface area contributed by atoms with Crippen LogP contribution < -0.4 is 9.47 Å². The van der Waals surface area contributed by atoms with Gasteiger partial charge in [-0.25, -0.2) is 0 Å². The van der Waals surface area contributed by atoms with Gasteiger partial charge >= 0.3 is 0 Å². The van der Waals surface area contributed by atoms with Crippen molar-refractivity contribution in [3.05, 3.63) is 206 Å². The number of fused-ring (bicyclic) bond motifs is 4. The first kappa shape index (κ1) is 33.6. The van der Waals surface area contributed by atoms with Crippen molar-refractivity contribution in [2.24, 2.45) is 0 Å². The largest absolute Gasteiger partial charge is 0.456 e. The van der Waals surface area contributed by atoms with Gasteiger partial charge in [-0.15, -0.1) is 0 Å². The maximum Gasteiger partial charge on any atom is 0.135 e. The zero-order chi connectivity index (χ0) is 40.5. The zero-order valence-corrected chi connectivity index (χ0v) is 33.4. The van der Waals surface area contributed by atoms with Crippen molar-refractivity contribution in [1.82, 2.24) is 0 Å². The minimum atomic E-state index is 0.878. The maximum absolute atomic E-state index is 6.76. The van der Waals surface area contributed by atoms with E-state index in [1.807, 2.05) is 6.07 Å². The fraction of sp³-hybridized carbons (Fsp3) is 0. The molecule has 0 unspecified atom stereocenters. The molecular formula is C60H34O2. The first-order valence-electron chi connectivity index (χ1n) is 21.3. The molecule has 12 aromatic carbocycles. The molecular weight excluding hydrogens is 753 g/mol. The van der Waals surface area contributed by atoms with E-state index in [4.69, 9.17) is 9.47 Å². The van der Waals surface area contributed by atoms with Crippen LogP contribution in [0.4, 0.5) is 0 Å². The molecule has 2 aliphatic heterocycles. The van der Waals surface area contributed by atoms with Crippen LogP contribution in [0.15, 0.2) is 206 Å². The van der Waals surface area contributed by atoms with E-state index < -0.39 is 0 Å². The molecule has 0 saturated carbocycles. The van der Waals surface area contributed by atoms with Gasteiger partial charge in [0.2, 0.25) is 0 Å². The summed E-state index contributed by atoms with van der Waals surface area (Å²) in [6.07, 6.45) is 0. The van der Waals surface area contributed by atoms with Crippen LogP contribution in [0.25, 0.3) is 121 Å². The molecule has 2 aliphatic rings. The molecule has 2 heterocycles. The molecule has 286 valence electrons. The summed E-state index contributed by atoms with van der Waals surface area (Å²) in [6, 6.07) is 75.1. The van der Waals surface area contributed by atoms with Crippen LogP contribution in [0.2, 0.25) is 0 Å². The Kier molecular flexibility index (Phi) is 6.86. The summed E-state index contributed by atoms with van der Waals surface area (Å²) in [7, 11) is 0. The molecule has 0 amide bonds. The van der Waals surface area contributed by atoms with Gasteiger partial charge in [-0.3, -0.25) is 0 Å². The molecule has 0 saturated heterocycles. The molecule has 0 atom stereocenters. The van der Waals surface area contributed by atoms with E-state index in [9.17, 15) is 0 Å². The predicted octanol–water partition coefficient (Wildman–Crippen LogP) is 17.1. The Bertz CT molecular complexity index is 3840. The number of hydrogen-bond donors (Lipinski definition) is 0. The van der Waals surface area contributed by atoms with E-state index in [1.165, 1.54) is 98.5 Å². The van der Waals surface area contributed by atoms with Gasteiger partial charge in [0.05, 0.1) is 0 Å². The van der Waals surface area contributed by atoms with Gasteiger partial charge in [0.15, 0.2) is 0 Å². The molecule has 0 aliphatic carbocycles. The standard InChI is InChI=1S/C60H34O2/c1-3-12-35(13-4-1)49-33-51(38-24-25-41-43-19-9-16-37-17-10-22-54(57(37)43)62-56(41)32-38)47-29-28-46-50(36-14-5-2-6-15-36)34-52(48-31-30-45(49)59(47)60(46)48)39-26-27-44-40-18-7-8-21-53(40)61-55-23-11-20-42(39)58(44)55/h1-34H. The Morgan fingerprint density at radius 3 is 1.40 bits per heavy atom. The van der Waals surface area contributed by atoms with E-state index in [1.54, 1.807) is 0 Å². The van der Waals surface area contributed by atoms with E-state index in [0.717, 1.165) is 45.1 Å². The average Bonchev–Trinajstić information content (AvgIpc) is 3.33. The van der Waals surface area contributed by atoms with E-state index in [0.29, 0.717) is 0 Å². The molecule has 0 radical (unpaired) electrons. The van der Waals surface area contributed by atoms with Crippen LogP contribution >= 0.6 is 0 Å². The first-order valence-corrected chi connectivity index (χ1v) is 21.3. The second kappa shape index (κ2) is 12.7. The van der Waals surface area contributed by atoms with Gasteiger partial charge in [0, 0.05) is 21.9 Å². The molecule has 0 bridgehead atoms. The second-order valence-electron chi connectivity index (χ2n) is 16.7. The molecule has 12 aromatic rings. The van der Waals surface area contributed by atoms with Crippen molar-refractivity contribution in [3.63, 3.8) is 0 Å². The van der Waals surface area contributed by atoms with Crippen LogP contribution in [-0.4, -0.2) is 0 Å². The van der Waals surface area contributed by atoms with Crippen LogP contribution in [0.1, 0.15) is 0 Å². The topological polar surface area (TPSA) is 18.5 Å². The molecule has 62 heavy (non-hydrogen) atoms. The Hall–Kier alpha value is -8.20. The minimum Gasteiger partial charge on any atom is -0.456 e. The first-order chi connectivity index (χ1) is 30.7. The molecule has 0 spiro atoms. The quantitative estimate of drug-likeness (QED) is 0.165. The summed E-state index contributed by atoms with van der Waals surface area (Å²) < 4.78 is 13.3. The highest BCUT2D eigenvalue weighted by atomic mass is 16.5.